The van der Waals surface area contributed by atoms with Gasteiger partial charge in [0.1, 0.15) is 0 Å². The van der Waals surface area contributed by atoms with E-state index in [4.69, 9.17) is 11.6 Å². The van der Waals surface area contributed by atoms with Crippen LogP contribution in [-0.2, 0) is 11.2 Å². The van der Waals surface area contributed by atoms with Crippen LogP contribution in [-0.4, -0.2) is 5.91 Å². The zero-order valence-electron chi connectivity index (χ0n) is 9.45. The third-order valence-corrected chi connectivity index (χ3v) is 3.96. The molecule has 2 rings (SSSR count). The number of nitrogens with one attached hydrogen (secondary N) is 1. The highest BCUT2D eigenvalue weighted by atomic mass is 79.9. The molecule has 0 aliphatic carbocycles. The molecular weight excluding hydrogens is 334 g/mol. The maximum absolute atomic E-state index is 11.8. The van der Waals surface area contributed by atoms with Gasteiger partial charge in [0, 0.05) is 10.9 Å². The van der Waals surface area contributed by atoms with Crippen LogP contribution in [0, 0.1) is 0 Å². The van der Waals surface area contributed by atoms with E-state index in [1.807, 2.05) is 17.5 Å². The Morgan fingerprint density at radius 1 is 1.39 bits per heavy atom. The van der Waals surface area contributed by atoms with E-state index in [0.29, 0.717) is 17.1 Å². The number of hydrogen-bond acceptors (Lipinski definition) is 2. The molecule has 1 aromatic carbocycles. The van der Waals surface area contributed by atoms with Crippen molar-refractivity contribution in [1.29, 1.82) is 0 Å². The van der Waals surface area contributed by atoms with Gasteiger partial charge in [0.2, 0.25) is 5.91 Å². The maximum Gasteiger partial charge on any atom is 0.224 e. The van der Waals surface area contributed by atoms with Gasteiger partial charge in [0.15, 0.2) is 0 Å². The molecule has 0 bridgehead atoms. The van der Waals surface area contributed by atoms with E-state index in [1.54, 1.807) is 23.5 Å². The Morgan fingerprint density at radius 3 is 2.89 bits per heavy atom. The SMILES string of the molecule is O=C(CCc1ccsc1)Nc1ccc(Br)cc1Cl. The number of rotatable bonds is 4. The number of anilines is 1. The second kappa shape index (κ2) is 6.36. The monoisotopic (exact) mass is 343 g/mol. The van der Waals surface area contributed by atoms with Gasteiger partial charge in [-0.05, 0) is 47.0 Å². The van der Waals surface area contributed by atoms with Crippen molar-refractivity contribution >= 4 is 50.5 Å². The highest BCUT2D eigenvalue weighted by molar-refractivity contribution is 9.10. The minimum Gasteiger partial charge on any atom is -0.325 e. The summed E-state index contributed by atoms with van der Waals surface area (Å²) in [6, 6.07) is 7.43. The number of benzene rings is 1. The fourth-order valence-corrected chi connectivity index (χ4v) is 2.92. The van der Waals surface area contributed by atoms with Gasteiger partial charge in [-0.1, -0.05) is 27.5 Å². The van der Waals surface area contributed by atoms with Crippen LogP contribution in [0.5, 0.6) is 0 Å². The van der Waals surface area contributed by atoms with Crippen LogP contribution in [0.4, 0.5) is 5.69 Å². The van der Waals surface area contributed by atoms with Gasteiger partial charge in [0.25, 0.3) is 0 Å². The minimum atomic E-state index is -0.0228. The lowest BCUT2D eigenvalue weighted by Crippen LogP contribution is -2.12. The summed E-state index contributed by atoms with van der Waals surface area (Å²) in [5.41, 5.74) is 1.84. The molecule has 5 heteroatoms. The molecule has 0 spiro atoms. The average Bonchev–Trinajstić information content (AvgIpc) is 2.83. The molecule has 0 radical (unpaired) electrons. The molecule has 94 valence electrons. The second-order valence-electron chi connectivity index (χ2n) is 3.80. The van der Waals surface area contributed by atoms with Gasteiger partial charge >= 0.3 is 0 Å². The standard InChI is InChI=1S/C13H11BrClNOS/c14-10-2-3-12(11(15)7-10)16-13(17)4-1-9-5-6-18-8-9/h2-3,5-8H,1,4H2,(H,16,17). The predicted molar refractivity (Wildman–Crippen MR) is 80.4 cm³/mol. The lowest BCUT2D eigenvalue weighted by molar-refractivity contribution is -0.116. The smallest absolute Gasteiger partial charge is 0.224 e. The molecule has 18 heavy (non-hydrogen) atoms. The summed E-state index contributed by atoms with van der Waals surface area (Å²) in [6.45, 7) is 0. The summed E-state index contributed by atoms with van der Waals surface area (Å²) < 4.78 is 0.892. The highest BCUT2D eigenvalue weighted by Gasteiger charge is 2.06. The van der Waals surface area contributed by atoms with E-state index in [1.165, 1.54) is 5.56 Å². The van der Waals surface area contributed by atoms with Crippen molar-refractivity contribution in [2.45, 2.75) is 12.8 Å². The number of carbonyl (C=O) groups is 1. The van der Waals surface area contributed by atoms with E-state index in [2.05, 4.69) is 26.6 Å². The molecular formula is C13H11BrClNOS. The first-order chi connectivity index (χ1) is 8.65. The summed E-state index contributed by atoms with van der Waals surface area (Å²) in [7, 11) is 0. The van der Waals surface area contributed by atoms with Crippen LogP contribution in [0.3, 0.4) is 0 Å². The van der Waals surface area contributed by atoms with E-state index in [9.17, 15) is 4.79 Å². The van der Waals surface area contributed by atoms with E-state index in [-0.39, 0.29) is 5.91 Å². The van der Waals surface area contributed by atoms with E-state index >= 15 is 0 Å². The van der Waals surface area contributed by atoms with Gasteiger partial charge in [-0.25, -0.2) is 0 Å². The molecule has 2 aromatic rings. The van der Waals surface area contributed by atoms with E-state index < -0.39 is 0 Å². The molecule has 0 unspecified atom stereocenters. The highest BCUT2D eigenvalue weighted by Crippen LogP contribution is 2.25. The molecule has 0 fully saturated rings. The third kappa shape index (κ3) is 3.83. The Kier molecular flexibility index (Phi) is 4.80. The van der Waals surface area contributed by atoms with Crippen molar-refractivity contribution in [2.24, 2.45) is 0 Å². The zero-order valence-corrected chi connectivity index (χ0v) is 12.6. The summed E-state index contributed by atoms with van der Waals surface area (Å²) in [5, 5.41) is 7.42. The van der Waals surface area contributed by atoms with Crippen LogP contribution >= 0.6 is 38.9 Å². The molecule has 0 aliphatic heterocycles. The van der Waals surface area contributed by atoms with Crippen molar-refractivity contribution in [2.75, 3.05) is 5.32 Å². The molecule has 1 amide bonds. The Balaban J connectivity index is 1.91. The Bertz CT molecular complexity index is 542. The Morgan fingerprint density at radius 2 is 2.22 bits per heavy atom. The Labute approximate surface area is 123 Å². The van der Waals surface area contributed by atoms with Gasteiger partial charge in [-0.3, -0.25) is 4.79 Å². The summed E-state index contributed by atoms with van der Waals surface area (Å²) in [5.74, 6) is -0.0228. The molecule has 2 nitrogen and oxygen atoms in total. The van der Waals surface area contributed by atoms with Crippen molar-refractivity contribution < 1.29 is 4.79 Å². The van der Waals surface area contributed by atoms with Crippen LogP contribution < -0.4 is 5.32 Å². The molecule has 0 aliphatic rings. The summed E-state index contributed by atoms with van der Waals surface area (Å²) in [4.78, 5) is 11.8. The van der Waals surface area contributed by atoms with Crippen LogP contribution in [0.1, 0.15) is 12.0 Å². The normalized spacial score (nSPS) is 10.3. The zero-order chi connectivity index (χ0) is 13.0. The molecule has 1 N–H and O–H groups in total. The number of hydrogen-bond donors (Lipinski definition) is 1. The average molecular weight is 345 g/mol. The summed E-state index contributed by atoms with van der Waals surface area (Å²) >= 11 is 11.0. The topological polar surface area (TPSA) is 29.1 Å². The third-order valence-electron chi connectivity index (χ3n) is 2.43. The fourth-order valence-electron chi connectivity index (χ4n) is 1.50. The molecule has 1 heterocycles. The van der Waals surface area contributed by atoms with Gasteiger partial charge < -0.3 is 5.32 Å². The van der Waals surface area contributed by atoms with Crippen molar-refractivity contribution in [3.8, 4) is 0 Å². The van der Waals surface area contributed by atoms with E-state index in [0.717, 1.165) is 10.9 Å². The first-order valence-corrected chi connectivity index (χ1v) is 7.52. The van der Waals surface area contributed by atoms with Crippen LogP contribution in [0.25, 0.3) is 0 Å². The number of amides is 1. The maximum atomic E-state index is 11.8. The lowest BCUT2D eigenvalue weighted by Gasteiger charge is -2.07. The van der Waals surface area contributed by atoms with Gasteiger partial charge in [-0.15, -0.1) is 0 Å². The number of thiophene rings is 1. The summed E-state index contributed by atoms with van der Waals surface area (Å²) in [6.07, 6.45) is 1.21. The first kappa shape index (κ1) is 13.6. The molecule has 0 saturated carbocycles. The molecule has 1 aromatic heterocycles. The minimum absolute atomic E-state index is 0.0228. The first-order valence-electron chi connectivity index (χ1n) is 5.41. The Hall–Kier alpha value is -0.840. The number of halogens is 2. The molecule has 0 saturated heterocycles. The largest absolute Gasteiger partial charge is 0.325 e. The number of carbonyl (C=O) groups excluding carboxylic acids is 1. The molecule has 0 atom stereocenters. The van der Waals surface area contributed by atoms with Crippen LogP contribution in [0.2, 0.25) is 5.02 Å². The van der Waals surface area contributed by atoms with Gasteiger partial charge in [-0.2, -0.15) is 11.3 Å². The van der Waals surface area contributed by atoms with Crippen LogP contribution in [0.15, 0.2) is 39.5 Å². The van der Waals surface area contributed by atoms with Gasteiger partial charge in [0.05, 0.1) is 10.7 Å². The quantitative estimate of drug-likeness (QED) is 0.853. The second-order valence-corrected chi connectivity index (χ2v) is 5.91. The fraction of sp³-hybridized carbons (Fsp3) is 0.154. The van der Waals surface area contributed by atoms with Crippen molar-refractivity contribution in [1.82, 2.24) is 0 Å². The number of aryl methyl sites for hydroxylation is 1. The lowest BCUT2D eigenvalue weighted by atomic mass is 10.2. The van der Waals surface area contributed by atoms with Crippen molar-refractivity contribution in [3.63, 3.8) is 0 Å². The predicted octanol–water partition coefficient (Wildman–Crippen LogP) is 4.74. The van der Waals surface area contributed by atoms with Crippen molar-refractivity contribution in [3.05, 3.63) is 50.1 Å².